The predicted octanol–water partition coefficient (Wildman–Crippen LogP) is 5.33. The molecule has 1 amide bonds. The van der Waals surface area contributed by atoms with Gasteiger partial charge in [-0.2, -0.15) is 0 Å². The molecule has 1 heterocycles. The largest absolute Gasteiger partial charge is 0.498 e. The first-order valence-corrected chi connectivity index (χ1v) is 16.1. The van der Waals surface area contributed by atoms with Gasteiger partial charge in [-0.3, -0.25) is 4.79 Å². The predicted molar refractivity (Wildman–Crippen MR) is 148 cm³/mol. The summed E-state index contributed by atoms with van der Waals surface area (Å²) < 4.78 is 39.6. The molecule has 204 valence electrons. The molecule has 0 atom stereocenters. The summed E-state index contributed by atoms with van der Waals surface area (Å²) in [4.78, 5) is 13.7. The van der Waals surface area contributed by atoms with Crippen LogP contribution < -0.4 is 20.3 Å². The Morgan fingerprint density at radius 2 is 1.64 bits per heavy atom. The Kier molecular flexibility index (Phi) is 9.39. The molecule has 6 nitrogen and oxygen atoms in total. The molecule has 0 aromatic heterocycles. The molecule has 9 heteroatoms. The van der Waals surface area contributed by atoms with Crippen LogP contribution in [0.2, 0.25) is 19.1 Å². The maximum absolute atomic E-state index is 15.8. The molecule has 1 saturated heterocycles. The Hall–Kier alpha value is -1.58. The highest BCUT2D eigenvalue weighted by atomic mass is 28.3. The van der Waals surface area contributed by atoms with E-state index in [-0.39, 0.29) is 33.8 Å². The van der Waals surface area contributed by atoms with Crippen molar-refractivity contribution in [1.82, 2.24) is 5.32 Å². The van der Waals surface area contributed by atoms with E-state index in [1.807, 2.05) is 41.5 Å². The molecule has 2 rings (SSSR count). The lowest BCUT2D eigenvalue weighted by atomic mass is 9.77. The van der Waals surface area contributed by atoms with Crippen molar-refractivity contribution in [2.45, 2.75) is 111 Å². The molecule has 0 aliphatic carbocycles. The van der Waals surface area contributed by atoms with Gasteiger partial charge >= 0.3 is 7.12 Å². The summed E-state index contributed by atoms with van der Waals surface area (Å²) in [6.45, 7) is 22.9. The molecule has 0 bridgehead atoms. The maximum atomic E-state index is 15.8. The Balaban J connectivity index is 2.55. The van der Waals surface area contributed by atoms with Gasteiger partial charge in [-0.15, -0.1) is 0 Å². The third kappa shape index (κ3) is 7.48. The van der Waals surface area contributed by atoms with E-state index in [0.717, 1.165) is 18.9 Å². The van der Waals surface area contributed by atoms with Crippen LogP contribution in [-0.2, 0) is 9.31 Å². The normalized spacial score (nSPS) is 17.4. The van der Waals surface area contributed by atoms with E-state index in [1.54, 1.807) is 0 Å². The van der Waals surface area contributed by atoms with Crippen LogP contribution >= 0.6 is 0 Å². The number of carbonyl (C=O) groups is 1. The lowest BCUT2D eigenvalue weighted by Crippen LogP contribution is -2.46. The second-order valence-electron chi connectivity index (χ2n) is 13.2. The van der Waals surface area contributed by atoms with E-state index in [0.29, 0.717) is 6.61 Å². The topological polar surface area (TPSA) is 66.0 Å². The number of methoxy groups -OCH3 is 1. The number of rotatable bonds is 10. The lowest BCUT2D eigenvalue weighted by molar-refractivity contribution is 0.00578. The zero-order valence-corrected chi connectivity index (χ0v) is 25.6. The molecule has 1 aliphatic heterocycles. The van der Waals surface area contributed by atoms with Crippen molar-refractivity contribution in [1.29, 1.82) is 0 Å². The Morgan fingerprint density at radius 3 is 2.11 bits per heavy atom. The van der Waals surface area contributed by atoms with Crippen LogP contribution in [0, 0.1) is 11.2 Å². The minimum absolute atomic E-state index is 0.00514. The summed E-state index contributed by atoms with van der Waals surface area (Å²) in [7, 11) is -0.360. The first kappa shape index (κ1) is 30.6. The summed E-state index contributed by atoms with van der Waals surface area (Å²) in [6.07, 6.45) is 1.59. The third-order valence-corrected chi connectivity index (χ3v) is 8.32. The molecule has 0 radical (unpaired) electrons. The van der Waals surface area contributed by atoms with Gasteiger partial charge in [0.1, 0.15) is 0 Å². The quantitative estimate of drug-likeness (QED) is 0.332. The number of carbonyl (C=O) groups excluding carboxylic acids is 1. The zero-order chi connectivity index (χ0) is 27.7. The highest BCUT2D eigenvalue weighted by Gasteiger charge is 2.53. The second kappa shape index (κ2) is 11.0. The van der Waals surface area contributed by atoms with E-state index < -0.39 is 38.5 Å². The van der Waals surface area contributed by atoms with Crippen LogP contribution in [0.5, 0.6) is 11.5 Å². The van der Waals surface area contributed by atoms with Crippen LogP contribution in [0.15, 0.2) is 6.07 Å². The highest BCUT2D eigenvalue weighted by molar-refractivity contribution is 6.62. The Labute approximate surface area is 219 Å². The van der Waals surface area contributed by atoms with Gasteiger partial charge in [-0.1, -0.05) is 39.9 Å². The fraction of sp³-hybridized carbons (Fsp3) is 0.741. The number of nitrogens with one attached hydrogen (secondary N) is 1. The number of amides is 1. The van der Waals surface area contributed by atoms with Crippen molar-refractivity contribution in [3.05, 3.63) is 17.4 Å². The first-order valence-electron chi connectivity index (χ1n) is 13.0. The molecule has 0 unspecified atom stereocenters. The van der Waals surface area contributed by atoms with E-state index >= 15 is 4.39 Å². The zero-order valence-electron chi connectivity index (χ0n) is 24.5. The second-order valence-corrected chi connectivity index (χ2v) is 16.6. The minimum atomic E-state index is -0.987. The fourth-order valence-corrected chi connectivity index (χ4v) is 5.67. The van der Waals surface area contributed by atoms with E-state index in [1.165, 1.54) is 13.2 Å². The SMILES string of the molecule is COc1c(F)c(B2OC(C)(C)C(C)(C)O2)cc(C(=O)NC(C)(C)CC(C)(C)C)c1OCCC[SiH](C)C. The summed E-state index contributed by atoms with van der Waals surface area (Å²) >= 11 is 0. The molecule has 1 aliphatic rings. The number of hydrogen-bond acceptors (Lipinski definition) is 5. The standard InChI is InChI=1S/C27H47BFNO5Si/c1-24(2,3)17-25(4,5)30-23(31)18-16-19(28-34-26(6,7)27(8,9)35-28)20(29)22(32-10)21(18)33-14-13-15-36(11)12/h16,36H,13-15,17H2,1-12H3,(H,30,31). The lowest BCUT2D eigenvalue weighted by Gasteiger charge is -2.33. The molecule has 1 N–H and O–H groups in total. The number of ether oxygens (including phenoxy) is 2. The maximum Gasteiger partial charge on any atom is 0.498 e. The van der Waals surface area contributed by atoms with Gasteiger partial charge in [0.15, 0.2) is 17.3 Å². The average Bonchev–Trinajstić information content (AvgIpc) is 2.89. The van der Waals surface area contributed by atoms with Crippen LogP contribution in [0.25, 0.3) is 0 Å². The first-order chi connectivity index (χ1) is 16.3. The average molecular weight is 524 g/mol. The van der Waals surface area contributed by atoms with E-state index in [4.69, 9.17) is 18.8 Å². The van der Waals surface area contributed by atoms with Crippen molar-refractivity contribution in [3.8, 4) is 11.5 Å². The van der Waals surface area contributed by atoms with Crippen molar-refractivity contribution >= 4 is 27.3 Å². The molecular formula is C27H47BFNO5Si. The van der Waals surface area contributed by atoms with Gasteiger partial charge in [-0.05, 0) is 65.9 Å². The van der Waals surface area contributed by atoms with Gasteiger partial charge < -0.3 is 24.1 Å². The van der Waals surface area contributed by atoms with Gasteiger partial charge in [0.2, 0.25) is 0 Å². The highest BCUT2D eigenvalue weighted by Crippen LogP contribution is 2.39. The van der Waals surface area contributed by atoms with Crippen molar-refractivity contribution in [3.63, 3.8) is 0 Å². The number of hydrogen-bond donors (Lipinski definition) is 1. The minimum Gasteiger partial charge on any atom is -0.490 e. The summed E-state index contributed by atoms with van der Waals surface area (Å²) in [6, 6.07) is 2.59. The molecular weight excluding hydrogens is 476 g/mol. The van der Waals surface area contributed by atoms with Gasteiger partial charge in [0, 0.05) is 19.8 Å². The Bertz CT molecular complexity index is 927. The van der Waals surface area contributed by atoms with Gasteiger partial charge in [0.05, 0.1) is 30.5 Å². The van der Waals surface area contributed by atoms with Crippen LogP contribution in [0.1, 0.15) is 85.5 Å². The summed E-state index contributed by atoms with van der Waals surface area (Å²) in [5.41, 5.74) is -1.49. The van der Waals surface area contributed by atoms with Crippen molar-refractivity contribution in [2.24, 2.45) is 5.41 Å². The molecule has 0 saturated carbocycles. The molecule has 1 aromatic rings. The summed E-state index contributed by atoms with van der Waals surface area (Å²) in [5.74, 6) is -0.990. The number of benzene rings is 1. The molecule has 1 aromatic carbocycles. The van der Waals surface area contributed by atoms with Crippen LogP contribution in [0.4, 0.5) is 4.39 Å². The monoisotopic (exact) mass is 523 g/mol. The smallest absolute Gasteiger partial charge is 0.490 e. The van der Waals surface area contributed by atoms with Crippen LogP contribution in [0.3, 0.4) is 0 Å². The third-order valence-electron chi connectivity index (χ3n) is 6.76. The molecule has 0 spiro atoms. The van der Waals surface area contributed by atoms with Crippen molar-refractivity contribution in [2.75, 3.05) is 13.7 Å². The van der Waals surface area contributed by atoms with Gasteiger partial charge in [-0.25, -0.2) is 4.39 Å². The molecule has 36 heavy (non-hydrogen) atoms. The molecule has 1 fully saturated rings. The van der Waals surface area contributed by atoms with Crippen LogP contribution in [-0.4, -0.2) is 52.3 Å². The Morgan fingerprint density at radius 1 is 1.08 bits per heavy atom. The number of halogens is 1. The van der Waals surface area contributed by atoms with Gasteiger partial charge in [0.25, 0.3) is 5.91 Å². The fourth-order valence-electron chi connectivity index (χ4n) is 4.68. The van der Waals surface area contributed by atoms with Crippen molar-refractivity contribution < 1.29 is 28.0 Å². The van der Waals surface area contributed by atoms with E-state index in [2.05, 4.69) is 39.2 Å². The van der Waals surface area contributed by atoms with E-state index in [9.17, 15) is 4.79 Å². The summed E-state index contributed by atoms with van der Waals surface area (Å²) in [5, 5.41) is 3.13.